The van der Waals surface area contributed by atoms with E-state index in [-0.39, 0.29) is 12.0 Å². The molecule has 1 aromatic heterocycles. The van der Waals surface area contributed by atoms with Crippen LogP contribution in [0.2, 0.25) is 0 Å². The van der Waals surface area contributed by atoms with Crippen molar-refractivity contribution in [1.29, 1.82) is 0 Å². The molecule has 0 radical (unpaired) electrons. The molecule has 0 spiro atoms. The largest absolute Gasteiger partial charge is 0.444 e. The first-order chi connectivity index (χ1) is 12.4. The molecule has 0 aliphatic carbocycles. The van der Waals surface area contributed by atoms with Gasteiger partial charge in [0.2, 0.25) is 0 Å². The molecule has 152 valence electrons. The number of rotatable bonds is 2. The molecule has 1 aliphatic heterocycles. The summed E-state index contributed by atoms with van der Waals surface area (Å²) in [5.41, 5.74) is -0.145. The Morgan fingerprint density at radius 3 is 2.07 bits per heavy atom. The molecule has 0 saturated carbocycles. The highest BCUT2D eigenvalue weighted by atomic mass is 16.6. The fraction of sp³-hybridized carbons (Fsp3) is 0.750. The van der Waals surface area contributed by atoms with Gasteiger partial charge in [0.15, 0.2) is 0 Å². The molecule has 1 aliphatic rings. The van der Waals surface area contributed by atoms with Crippen LogP contribution in [0, 0.1) is 5.92 Å². The van der Waals surface area contributed by atoms with Gasteiger partial charge >= 0.3 is 12.2 Å². The van der Waals surface area contributed by atoms with E-state index in [0.717, 1.165) is 18.5 Å². The van der Waals surface area contributed by atoms with Crippen LogP contribution in [-0.2, 0) is 9.47 Å². The Hall–Kier alpha value is -2.05. The van der Waals surface area contributed by atoms with Crippen molar-refractivity contribution in [1.82, 2.24) is 14.5 Å². The van der Waals surface area contributed by atoms with Crippen LogP contribution in [-0.4, -0.2) is 50.9 Å². The fourth-order valence-corrected chi connectivity index (χ4v) is 3.14. The van der Waals surface area contributed by atoms with E-state index in [1.54, 1.807) is 11.1 Å². The lowest BCUT2D eigenvalue weighted by atomic mass is 9.84. The first-order valence-corrected chi connectivity index (χ1v) is 9.61. The van der Waals surface area contributed by atoms with Gasteiger partial charge in [-0.2, -0.15) is 0 Å². The number of carbonyl (C=O) groups excluding carboxylic acids is 2. The maximum atomic E-state index is 12.2. The molecule has 7 heteroatoms. The van der Waals surface area contributed by atoms with Crippen molar-refractivity contribution in [2.75, 3.05) is 13.1 Å². The third-order valence-corrected chi connectivity index (χ3v) is 4.57. The number of piperidine rings is 1. The Bertz CT molecular complexity index is 662. The second-order valence-electron chi connectivity index (χ2n) is 9.28. The SMILES string of the molecule is CC(c1cn(C(=O)OC(C)(C)C)cn1)C1CCN(C(=O)OC(C)(C)C)CC1. The second kappa shape index (κ2) is 7.90. The molecule has 1 unspecified atom stereocenters. The van der Waals surface area contributed by atoms with E-state index in [9.17, 15) is 9.59 Å². The highest BCUT2D eigenvalue weighted by Gasteiger charge is 2.30. The standard InChI is InChI=1S/C20H33N3O4/c1-14(16-12-23(13-21-16)18(25)27-20(5,6)7)15-8-10-22(11-9-15)17(24)26-19(2,3)4/h12-15H,8-11H2,1-7H3. The average Bonchev–Trinajstić information content (AvgIpc) is 3.01. The molecule has 2 rings (SSSR count). The van der Waals surface area contributed by atoms with Gasteiger partial charge in [-0.15, -0.1) is 0 Å². The third-order valence-electron chi connectivity index (χ3n) is 4.57. The number of likely N-dealkylation sites (tertiary alicyclic amines) is 1. The molecular weight excluding hydrogens is 346 g/mol. The van der Waals surface area contributed by atoms with Gasteiger partial charge in [-0.05, 0) is 60.3 Å². The lowest BCUT2D eigenvalue weighted by Gasteiger charge is -2.35. The van der Waals surface area contributed by atoms with Crippen molar-refractivity contribution < 1.29 is 19.1 Å². The zero-order chi connectivity index (χ0) is 20.4. The summed E-state index contributed by atoms with van der Waals surface area (Å²) in [5.74, 6) is 0.611. The summed E-state index contributed by atoms with van der Waals surface area (Å²) in [6.45, 7) is 14.6. The minimum Gasteiger partial charge on any atom is -0.444 e. The topological polar surface area (TPSA) is 73.7 Å². The van der Waals surface area contributed by atoms with Crippen LogP contribution < -0.4 is 0 Å². The Morgan fingerprint density at radius 2 is 1.56 bits per heavy atom. The molecule has 0 aromatic carbocycles. The zero-order valence-corrected chi connectivity index (χ0v) is 17.6. The number of hydrogen-bond donors (Lipinski definition) is 0. The first-order valence-electron chi connectivity index (χ1n) is 9.61. The molecule has 1 saturated heterocycles. The number of amides is 1. The number of nitrogens with zero attached hydrogens (tertiary/aromatic N) is 3. The third kappa shape index (κ3) is 6.26. The fourth-order valence-electron chi connectivity index (χ4n) is 3.14. The van der Waals surface area contributed by atoms with Crippen molar-refractivity contribution in [3.63, 3.8) is 0 Å². The first kappa shape index (κ1) is 21.3. The summed E-state index contributed by atoms with van der Waals surface area (Å²) in [6, 6.07) is 0. The number of hydrogen-bond acceptors (Lipinski definition) is 5. The van der Waals surface area contributed by atoms with E-state index in [4.69, 9.17) is 9.47 Å². The van der Waals surface area contributed by atoms with E-state index in [1.807, 2.05) is 41.5 Å². The van der Waals surface area contributed by atoms with E-state index < -0.39 is 17.3 Å². The van der Waals surface area contributed by atoms with Gasteiger partial charge < -0.3 is 14.4 Å². The summed E-state index contributed by atoms with van der Waals surface area (Å²) in [7, 11) is 0. The maximum Gasteiger partial charge on any atom is 0.419 e. The summed E-state index contributed by atoms with van der Waals surface area (Å²) in [6.07, 6.45) is 4.37. The summed E-state index contributed by atoms with van der Waals surface area (Å²) in [4.78, 5) is 30.5. The lowest BCUT2D eigenvalue weighted by Crippen LogP contribution is -2.42. The predicted octanol–water partition coefficient (Wildman–Crippen LogP) is 4.42. The van der Waals surface area contributed by atoms with Crippen LogP contribution in [0.1, 0.15) is 72.9 Å². The van der Waals surface area contributed by atoms with Crippen LogP contribution in [0.3, 0.4) is 0 Å². The predicted molar refractivity (Wildman–Crippen MR) is 103 cm³/mol. The van der Waals surface area contributed by atoms with Crippen molar-refractivity contribution in [2.45, 2.75) is 78.4 Å². The zero-order valence-electron chi connectivity index (χ0n) is 17.6. The van der Waals surface area contributed by atoms with Crippen LogP contribution in [0.15, 0.2) is 12.5 Å². The van der Waals surface area contributed by atoms with Crippen LogP contribution in [0.5, 0.6) is 0 Å². The van der Waals surface area contributed by atoms with Gasteiger partial charge in [0.25, 0.3) is 0 Å². The summed E-state index contributed by atoms with van der Waals surface area (Å²) in [5, 5.41) is 0. The maximum absolute atomic E-state index is 12.2. The molecule has 2 heterocycles. The quantitative estimate of drug-likeness (QED) is 0.760. The van der Waals surface area contributed by atoms with Crippen LogP contribution >= 0.6 is 0 Å². The highest BCUT2D eigenvalue weighted by molar-refractivity contribution is 5.70. The van der Waals surface area contributed by atoms with Gasteiger partial charge in [-0.25, -0.2) is 19.1 Å². The minimum atomic E-state index is -0.540. The Kier molecular flexibility index (Phi) is 6.22. The van der Waals surface area contributed by atoms with Crippen molar-refractivity contribution in [3.05, 3.63) is 18.2 Å². The Morgan fingerprint density at radius 1 is 1.04 bits per heavy atom. The van der Waals surface area contributed by atoms with Gasteiger partial charge in [0.1, 0.15) is 17.5 Å². The molecule has 0 bridgehead atoms. The number of carbonyl (C=O) groups is 2. The van der Waals surface area contributed by atoms with E-state index >= 15 is 0 Å². The Labute approximate surface area is 162 Å². The number of aromatic nitrogens is 2. The molecule has 1 fully saturated rings. The Balaban J connectivity index is 1.92. The average molecular weight is 380 g/mol. The normalized spacial score (nSPS) is 17.5. The molecule has 1 amide bonds. The van der Waals surface area contributed by atoms with E-state index in [0.29, 0.717) is 19.0 Å². The van der Waals surface area contributed by atoms with Crippen LogP contribution in [0.4, 0.5) is 9.59 Å². The van der Waals surface area contributed by atoms with Crippen molar-refractivity contribution in [3.8, 4) is 0 Å². The van der Waals surface area contributed by atoms with E-state index in [1.165, 1.54) is 10.9 Å². The van der Waals surface area contributed by atoms with E-state index in [2.05, 4.69) is 11.9 Å². The van der Waals surface area contributed by atoms with Gasteiger partial charge in [0.05, 0.1) is 5.69 Å². The van der Waals surface area contributed by atoms with Gasteiger partial charge in [0, 0.05) is 25.2 Å². The smallest absolute Gasteiger partial charge is 0.419 e. The minimum absolute atomic E-state index is 0.203. The summed E-state index contributed by atoms with van der Waals surface area (Å²) >= 11 is 0. The number of imidazole rings is 1. The summed E-state index contributed by atoms with van der Waals surface area (Å²) < 4.78 is 12.2. The molecule has 1 atom stereocenters. The molecule has 27 heavy (non-hydrogen) atoms. The molecule has 1 aromatic rings. The lowest BCUT2D eigenvalue weighted by molar-refractivity contribution is 0.0175. The number of ether oxygens (including phenoxy) is 2. The van der Waals surface area contributed by atoms with Gasteiger partial charge in [-0.3, -0.25) is 0 Å². The molecule has 7 nitrogen and oxygen atoms in total. The van der Waals surface area contributed by atoms with Gasteiger partial charge in [-0.1, -0.05) is 6.92 Å². The van der Waals surface area contributed by atoms with Crippen molar-refractivity contribution in [2.24, 2.45) is 5.92 Å². The van der Waals surface area contributed by atoms with Crippen molar-refractivity contribution >= 4 is 12.2 Å². The monoisotopic (exact) mass is 379 g/mol. The molecule has 0 N–H and O–H groups in total. The van der Waals surface area contributed by atoms with Crippen LogP contribution in [0.25, 0.3) is 0 Å². The molecular formula is C20H33N3O4. The highest BCUT2D eigenvalue weighted by Crippen LogP contribution is 2.32. The second-order valence-corrected chi connectivity index (χ2v) is 9.28.